The Balaban J connectivity index is 2.11. The first-order valence-electron chi connectivity index (χ1n) is 7.12. The van der Waals surface area contributed by atoms with Crippen LogP contribution in [0.4, 0.5) is 5.69 Å². The van der Waals surface area contributed by atoms with E-state index in [-0.39, 0.29) is 12.0 Å². The molecular formula is C16H22ClNO. The summed E-state index contributed by atoms with van der Waals surface area (Å²) in [5.74, 6) is 1.01. The highest BCUT2D eigenvalue weighted by atomic mass is 35.5. The van der Waals surface area contributed by atoms with Gasteiger partial charge in [0.25, 0.3) is 0 Å². The smallest absolute Gasteiger partial charge is 0.138 e. The maximum Gasteiger partial charge on any atom is 0.138 e. The molecule has 2 atom stereocenters. The van der Waals surface area contributed by atoms with Crippen molar-refractivity contribution in [3.05, 3.63) is 29.3 Å². The standard InChI is InChI=1S/C16H22ClNO/c1-11(2)16(14-5-3-4-6-15(14)19)18-13-9-7-12(17)8-10-13/h7-11,14,16,18H,3-6H2,1-2H3. The van der Waals surface area contributed by atoms with Gasteiger partial charge in [-0.3, -0.25) is 4.79 Å². The van der Waals surface area contributed by atoms with Gasteiger partial charge >= 0.3 is 0 Å². The second-order valence-electron chi connectivity index (χ2n) is 5.74. The summed E-state index contributed by atoms with van der Waals surface area (Å²) >= 11 is 5.90. The molecule has 1 N–H and O–H groups in total. The van der Waals surface area contributed by atoms with Crippen molar-refractivity contribution in [1.29, 1.82) is 0 Å². The van der Waals surface area contributed by atoms with Crippen molar-refractivity contribution in [3.8, 4) is 0 Å². The quantitative estimate of drug-likeness (QED) is 0.877. The third kappa shape index (κ3) is 3.73. The Morgan fingerprint density at radius 3 is 2.47 bits per heavy atom. The number of hydrogen-bond donors (Lipinski definition) is 1. The monoisotopic (exact) mass is 279 g/mol. The van der Waals surface area contributed by atoms with Crippen LogP contribution < -0.4 is 5.32 Å². The van der Waals surface area contributed by atoms with E-state index in [1.807, 2.05) is 24.3 Å². The van der Waals surface area contributed by atoms with Crippen LogP contribution in [0.5, 0.6) is 0 Å². The van der Waals surface area contributed by atoms with Crippen molar-refractivity contribution in [2.45, 2.75) is 45.6 Å². The molecular weight excluding hydrogens is 258 g/mol. The first kappa shape index (κ1) is 14.4. The molecule has 1 aliphatic carbocycles. The Morgan fingerprint density at radius 1 is 1.21 bits per heavy atom. The number of halogens is 1. The molecule has 0 aliphatic heterocycles. The van der Waals surface area contributed by atoms with E-state index in [4.69, 9.17) is 11.6 Å². The zero-order chi connectivity index (χ0) is 13.8. The van der Waals surface area contributed by atoms with Crippen molar-refractivity contribution in [1.82, 2.24) is 0 Å². The molecule has 1 aliphatic rings. The molecule has 0 aromatic heterocycles. The SMILES string of the molecule is CC(C)C(Nc1ccc(Cl)cc1)C1CCCCC1=O. The van der Waals surface area contributed by atoms with Crippen molar-refractivity contribution < 1.29 is 4.79 Å². The summed E-state index contributed by atoms with van der Waals surface area (Å²) in [6.07, 6.45) is 3.99. The summed E-state index contributed by atoms with van der Waals surface area (Å²) in [5, 5.41) is 4.26. The number of benzene rings is 1. The fraction of sp³-hybridized carbons (Fsp3) is 0.562. The molecule has 0 spiro atoms. The van der Waals surface area contributed by atoms with Crippen molar-refractivity contribution in [3.63, 3.8) is 0 Å². The van der Waals surface area contributed by atoms with Gasteiger partial charge in [-0.2, -0.15) is 0 Å². The molecule has 0 saturated heterocycles. The first-order chi connectivity index (χ1) is 9.08. The Morgan fingerprint density at radius 2 is 1.89 bits per heavy atom. The van der Waals surface area contributed by atoms with Crippen molar-refractivity contribution in [2.24, 2.45) is 11.8 Å². The number of ketones is 1. The maximum atomic E-state index is 12.1. The van der Waals surface area contributed by atoms with Gasteiger partial charge in [0.05, 0.1) is 0 Å². The maximum absolute atomic E-state index is 12.1. The number of anilines is 1. The van der Waals surface area contributed by atoms with Crippen LogP contribution in [0.3, 0.4) is 0 Å². The van der Waals surface area contributed by atoms with E-state index < -0.39 is 0 Å². The molecule has 104 valence electrons. The number of hydrogen-bond acceptors (Lipinski definition) is 2. The van der Waals surface area contributed by atoms with E-state index in [1.165, 1.54) is 6.42 Å². The Hall–Kier alpha value is -1.02. The molecule has 1 saturated carbocycles. The largest absolute Gasteiger partial charge is 0.381 e. The Labute approximate surface area is 120 Å². The summed E-state index contributed by atoms with van der Waals surface area (Å²) in [4.78, 5) is 12.1. The topological polar surface area (TPSA) is 29.1 Å². The molecule has 0 radical (unpaired) electrons. The summed E-state index contributed by atoms with van der Waals surface area (Å²) in [5.41, 5.74) is 1.04. The molecule has 1 aromatic rings. The lowest BCUT2D eigenvalue weighted by Crippen LogP contribution is -2.40. The van der Waals surface area contributed by atoms with Gasteiger partial charge in [0.15, 0.2) is 0 Å². The van der Waals surface area contributed by atoms with E-state index in [1.54, 1.807) is 0 Å². The van der Waals surface area contributed by atoms with E-state index in [0.717, 1.165) is 30.0 Å². The third-order valence-corrected chi connectivity index (χ3v) is 4.18. The summed E-state index contributed by atoms with van der Waals surface area (Å²) in [6, 6.07) is 7.93. The molecule has 19 heavy (non-hydrogen) atoms. The van der Waals surface area contributed by atoms with Gasteiger partial charge in [-0.1, -0.05) is 31.9 Å². The summed E-state index contributed by atoms with van der Waals surface area (Å²) in [7, 11) is 0. The minimum atomic E-state index is 0.157. The highest BCUT2D eigenvalue weighted by molar-refractivity contribution is 6.30. The molecule has 0 bridgehead atoms. The first-order valence-corrected chi connectivity index (χ1v) is 7.50. The minimum Gasteiger partial charge on any atom is -0.381 e. The summed E-state index contributed by atoms with van der Waals surface area (Å²) in [6.45, 7) is 4.35. The van der Waals surface area contributed by atoms with Crippen LogP contribution in [0.1, 0.15) is 39.5 Å². The van der Waals surface area contributed by atoms with Crippen molar-refractivity contribution in [2.75, 3.05) is 5.32 Å². The predicted octanol–water partition coefficient (Wildman–Crippen LogP) is 4.54. The van der Waals surface area contributed by atoms with E-state index in [2.05, 4.69) is 19.2 Å². The molecule has 2 unspecified atom stereocenters. The van der Waals surface area contributed by atoms with Gasteiger partial charge in [-0.15, -0.1) is 0 Å². The fourth-order valence-corrected chi connectivity index (χ4v) is 2.99. The molecule has 2 nitrogen and oxygen atoms in total. The lowest BCUT2D eigenvalue weighted by atomic mass is 9.78. The van der Waals surface area contributed by atoms with Crippen LogP contribution in [-0.2, 0) is 4.79 Å². The van der Waals surface area contributed by atoms with Crippen LogP contribution in [0, 0.1) is 11.8 Å². The lowest BCUT2D eigenvalue weighted by molar-refractivity contribution is -0.125. The molecule has 0 heterocycles. The number of rotatable bonds is 4. The average Bonchev–Trinajstić information content (AvgIpc) is 2.39. The van der Waals surface area contributed by atoms with Crippen molar-refractivity contribution >= 4 is 23.1 Å². The second kappa shape index (κ2) is 6.42. The zero-order valence-electron chi connectivity index (χ0n) is 11.7. The van der Waals surface area contributed by atoms with Gasteiger partial charge in [-0.05, 0) is 43.0 Å². The van der Waals surface area contributed by atoms with E-state index >= 15 is 0 Å². The second-order valence-corrected chi connectivity index (χ2v) is 6.18. The van der Waals surface area contributed by atoms with Crippen LogP contribution in [0.25, 0.3) is 0 Å². The van der Waals surface area contributed by atoms with E-state index in [9.17, 15) is 4.79 Å². The molecule has 1 fully saturated rings. The summed E-state index contributed by atoms with van der Waals surface area (Å²) < 4.78 is 0. The lowest BCUT2D eigenvalue weighted by Gasteiger charge is -2.33. The number of carbonyl (C=O) groups excluding carboxylic acids is 1. The van der Waals surface area contributed by atoms with Crippen LogP contribution >= 0.6 is 11.6 Å². The Kier molecular flexibility index (Phi) is 4.87. The minimum absolute atomic E-state index is 0.157. The van der Waals surface area contributed by atoms with Crippen LogP contribution in [-0.4, -0.2) is 11.8 Å². The number of Topliss-reactive ketones (excluding diaryl/α,β-unsaturated/α-hetero) is 1. The molecule has 0 amide bonds. The van der Waals surface area contributed by atoms with Gasteiger partial charge < -0.3 is 5.32 Å². The van der Waals surface area contributed by atoms with E-state index in [0.29, 0.717) is 11.7 Å². The normalized spacial score (nSPS) is 21.5. The Bertz CT molecular complexity index is 427. The average molecular weight is 280 g/mol. The highest BCUT2D eigenvalue weighted by Gasteiger charge is 2.31. The van der Waals surface area contributed by atoms with Gasteiger partial charge in [-0.25, -0.2) is 0 Å². The molecule has 2 rings (SSSR count). The molecule has 1 aromatic carbocycles. The van der Waals surface area contributed by atoms with Crippen LogP contribution in [0.2, 0.25) is 5.02 Å². The van der Waals surface area contributed by atoms with Gasteiger partial charge in [0.2, 0.25) is 0 Å². The van der Waals surface area contributed by atoms with Crippen LogP contribution in [0.15, 0.2) is 24.3 Å². The van der Waals surface area contributed by atoms with Gasteiger partial charge in [0.1, 0.15) is 5.78 Å². The van der Waals surface area contributed by atoms with Gasteiger partial charge in [0, 0.05) is 29.1 Å². The highest BCUT2D eigenvalue weighted by Crippen LogP contribution is 2.29. The zero-order valence-corrected chi connectivity index (χ0v) is 12.4. The number of carbonyl (C=O) groups is 1. The number of nitrogens with one attached hydrogen (secondary N) is 1. The fourth-order valence-electron chi connectivity index (χ4n) is 2.86. The predicted molar refractivity (Wildman–Crippen MR) is 80.7 cm³/mol. The third-order valence-electron chi connectivity index (χ3n) is 3.93. The molecule has 3 heteroatoms.